The van der Waals surface area contributed by atoms with E-state index in [0.717, 1.165) is 0 Å². The van der Waals surface area contributed by atoms with Crippen molar-refractivity contribution in [3.8, 4) is 6.07 Å². The largest absolute Gasteiger partial charge is 0.466 e. The summed E-state index contributed by atoms with van der Waals surface area (Å²) >= 11 is 0. The van der Waals surface area contributed by atoms with Crippen molar-refractivity contribution < 1.29 is 31.9 Å². The van der Waals surface area contributed by atoms with Crippen LogP contribution in [0.4, 0.5) is 18.0 Å². The van der Waals surface area contributed by atoms with Gasteiger partial charge >= 0.3 is 18.2 Å². The molecule has 4 rings (SSSR count). The molecular formula is C24H22F3N3O4. The molecule has 2 amide bonds. The lowest BCUT2D eigenvalue weighted by molar-refractivity contribution is -0.154. The van der Waals surface area contributed by atoms with Gasteiger partial charge in [0.2, 0.25) is 5.76 Å². The Morgan fingerprint density at radius 3 is 2.74 bits per heavy atom. The predicted molar refractivity (Wildman–Crippen MR) is 114 cm³/mol. The summed E-state index contributed by atoms with van der Waals surface area (Å²) in [6.07, 6.45) is -3.17. The number of benzene rings is 1. The Labute approximate surface area is 193 Å². The van der Waals surface area contributed by atoms with Crippen molar-refractivity contribution in [3.63, 3.8) is 0 Å². The highest BCUT2D eigenvalue weighted by Crippen LogP contribution is 2.43. The second kappa shape index (κ2) is 8.89. The van der Waals surface area contributed by atoms with Crippen LogP contribution in [0.15, 0.2) is 40.3 Å². The molecule has 0 radical (unpaired) electrons. The number of urea groups is 1. The molecule has 178 valence electrons. The number of carbonyl (C=O) groups is 2. The van der Waals surface area contributed by atoms with Gasteiger partial charge in [0, 0.05) is 18.2 Å². The summed E-state index contributed by atoms with van der Waals surface area (Å²) in [5.74, 6) is -1.62. The van der Waals surface area contributed by atoms with Crippen molar-refractivity contribution in [3.05, 3.63) is 64.1 Å². The zero-order chi connectivity index (χ0) is 24.6. The Morgan fingerprint density at radius 2 is 2.06 bits per heavy atom. The van der Waals surface area contributed by atoms with Crippen molar-refractivity contribution in [1.82, 2.24) is 10.2 Å². The van der Waals surface area contributed by atoms with Crippen LogP contribution in [-0.4, -0.2) is 36.1 Å². The van der Waals surface area contributed by atoms with Crippen molar-refractivity contribution in [2.45, 2.75) is 51.0 Å². The number of rotatable bonds is 4. The summed E-state index contributed by atoms with van der Waals surface area (Å²) in [6, 6.07) is 8.80. The summed E-state index contributed by atoms with van der Waals surface area (Å²) in [4.78, 5) is 27.4. The summed E-state index contributed by atoms with van der Waals surface area (Å²) in [5, 5.41) is 11.8. The van der Waals surface area contributed by atoms with Gasteiger partial charge in [0.15, 0.2) is 0 Å². The van der Waals surface area contributed by atoms with E-state index in [1.54, 1.807) is 24.3 Å². The Balaban J connectivity index is 1.62. The van der Waals surface area contributed by atoms with Gasteiger partial charge in [-0.1, -0.05) is 12.1 Å². The van der Waals surface area contributed by atoms with Gasteiger partial charge in [-0.15, -0.1) is 0 Å². The minimum Gasteiger partial charge on any atom is -0.466 e. The van der Waals surface area contributed by atoms with Gasteiger partial charge in [0.1, 0.15) is 5.76 Å². The minimum absolute atomic E-state index is 0.0924. The molecule has 2 aromatic rings. The molecule has 1 N–H and O–H groups in total. The normalized spacial score (nSPS) is 19.7. The number of amides is 2. The second-order valence-corrected chi connectivity index (χ2v) is 8.30. The summed E-state index contributed by atoms with van der Waals surface area (Å²) < 4.78 is 49.4. The standard InChI is InChI=1S/C24H22F3N3O4/c1-13-8-16(21(34-13)24(25,26)27)12-29-23(32)30-17-6-7-19(30)20(22(31)33-2)18(10-17)15-5-3-4-14(9-15)11-28/h3-5,8-9,17,19H,6-7,10,12H2,1-2H3,(H,29,32)/t17-,19+/m0/s1. The van der Waals surface area contributed by atoms with Crippen LogP contribution >= 0.6 is 0 Å². The molecule has 1 saturated heterocycles. The Kier molecular flexibility index (Phi) is 6.13. The molecule has 0 saturated carbocycles. The van der Waals surface area contributed by atoms with E-state index >= 15 is 0 Å². The van der Waals surface area contributed by atoms with Gasteiger partial charge < -0.3 is 19.4 Å². The average molecular weight is 473 g/mol. The number of nitriles is 1. The molecular weight excluding hydrogens is 451 g/mol. The predicted octanol–water partition coefficient (Wildman–Crippen LogP) is 4.55. The smallest absolute Gasteiger partial charge is 0.449 e. The fourth-order valence-corrected chi connectivity index (χ4v) is 4.84. The van der Waals surface area contributed by atoms with E-state index in [9.17, 15) is 28.0 Å². The first-order valence-corrected chi connectivity index (χ1v) is 10.7. The van der Waals surface area contributed by atoms with Gasteiger partial charge in [-0.25, -0.2) is 9.59 Å². The summed E-state index contributed by atoms with van der Waals surface area (Å²) in [5.41, 5.74) is 2.03. The van der Waals surface area contributed by atoms with Crippen LogP contribution in [0.2, 0.25) is 0 Å². The Bertz CT molecular complexity index is 1210. The van der Waals surface area contributed by atoms with E-state index in [2.05, 4.69) is 11.4 Å². The van der Waals surface area contributed by atoms with Crippen LogP contribution in [0.5, 0.6) is 0 Å². The van der Waals surface area contributed by atoms with Gasteiger partial charge in [0.25, 0.3) is 0 Å². The molecule has 2 atom stereocenters. The highest BCUT2D eigenvalue weighted by atomic mass is 19.4. The molecule has 1 aromatic carbocycles. The zero-order valence-electron chi connectivity index (χ0n) is 18.5. The Morgan fingerprint density at radius 1 is 1.29 bits per heavy atom. The zero-order valence-corrected chi connectivity index (χ0v) is 18.5. The van der Waals surface area contributed by atoms with Gasteiger partial charge in [-0.2, -0.15) is 18.4 Å². The lowest BCUT2D eigenvalue weighted by Crippen LogP contribution is -2.50. The molecule has 34 heavy (non-hydrogen) atoms. The van der Waals surface area contributed by atoms with Crippen molar-refractivity contribution >= 4 is 17.6 Å². The number of furan rings is 1. The van der Waals surface area contributed by atoms with Gasteiger partial charge in [-0.05, 0) is 55.5 Å². The minimum atomic E-state index is -4.67. The van der Waals surface area contributed by atoms with E-state index in [-0.39, 0.29) is 23.9 Å². The molecule has 0 aliphatic carbocycles. The Hall–Kier alpha value is -3.74. The van der Waals surface area contributed by atoms with Crippen LogP contribution in [0, 0.1) is 18.3 Å². The second-order valence-electron chi connectivity index (χ2n) is 8.30. The van der Waals surface area contributed by atoms with Crippen LogP contribution in [0.25, 0.3) is 5.57 Å². The first-order valence-electron chi connectivity index (χ1n) is 10.7. The number of alkyl halides is 3. The van der Waals surface area contributed by atoms with Gasteiger partial charge in [0.05, 0.1) is 30.4 Å². The molecule has 2 aliphatic rings. The SMILES string of the molecule is COC(=O)C1=C(c2cccc(C#N)c2)C[C@@H]2CC[C@H]1N2C(=O)NCc1cc(C)oc1C(F)(F)F. The van der Waals surface area contributed by atoms with E-state index in [1.165, 1.54) is 25.0 Å². The third kappa shape index (κ3) is 4.25. The molecule has 1 fully saturated rings. The van der Waals surface area contributed by atoms with Crippen molar-refractivity contribution in [2.24, 2.45) is 0 Å². The maximum absolute atomic E-state index is 13.2. The number of nitrogens with zero attached hydrogens (tertiary/aromatic N) is 2. The van der Waals surface area contributed by atoms with Crippen molar-refractivity contribution in [1.29, 1.82) is 5.26 Å². The fourth-order valence-electron chi connectivity index (χ4n) is 4.84. The van der Waals surface area contributed by atoms with E-state index in [1.807, 2.05) is 0 Å². The van der Waals surface area contributed by atoms with Crippen molar-refractivity contribution in [2.75, 3.05) is 7.11 Å². The van der Waals surface area contributed by atoms with E-state index < -0.39 is 30.0 Å². The fraction of sp³-hybridized carbons (Fsp3) is 0.375. The maximum atomic E-state index is 13.2. The summed E-state index contributed by atoms with van der Waals surface area (Å²) in [7, 11) is 1.25. The lowest BCUT2D eigenvalue weighted by Gasteiger charge is -2.37. The first kappa shape index (κ1) is 23.4. The van der Waals surface area contributed by atoms with Crippen LogP contribution in [-0.2, 0) is 22.3 Å². The molecule has 2 aliphatic heterocycles. The van der Waals surface area contributed by atoms with E-state index in [4.69, 9.17) is 9.15 Å². The number of aryl methyl sites for hydroxylation is 1. The molecule has 3 heterocycles. The quantitative estimate of drug-likeness (QED) is 0.658. The number of halogens is 3. The summed E-state index contributed by atoms with van der Waals surface area (Å²) in [6.45, 7) is 1.04. The number of ether oxygens (including phenoxy) is 1. The van der Waals surface area contributed by atoms with Crippen LogP contribution in [0.1, 0.15) is 47.5 Å². The third-order valence-electron chi connectivity index (χ3n) is 6.20. The highest BCUT2D eigenvalue weighted by molar-refractivity contribution is 6.01. The number of nitrogens with one attached hydrogen (secondary N) is 1. The number of hydrogen-bond acceptors (Lipinski definition) is 5. The number of fused-ring (bicyclic) bond motifs is 2. The first-order chi connectivity index (χ1) is 16.1. The maximum Gasteiger partial charge on any atom is 0.449 e. The highest BCUT2D eigenvalue weighted by Gasteiger charge is 2.47. The number of carbonyl (C=O) groups excluding carboxylic acids is 2. The van der Waals surface area contributed by atoms with Crippen LogP contribution < -0.4 is 5.32 Å². The third-order valence-corrected chi connectivity index (χ3v) is 6.20. The monoisotopic (exact) mass is 473 g/mol. The van der Waals surface area contributed by atoms with Crippen LogP contribution in [0.3, 0.4) is 0 Å². The number of esters is 1. The van der Waals surface area contributed by atoms with E-state index in [0.29, 0.717) is 41.5 Å². The molecule has 1 aromatic heterocycles. The average Bonchev–Trinajstić information content (AvgIpc) is 3.34. The molecule has 2 bridgehead atoms. The molecule has 0 spiro atoms. The number of methoxy groups -OCH3 is 1. The molecule has 7 nitrogen and oxygen atoms in total. The lowest BCUT2D eigenvalue weighted by atomic mass is 9.88. The molecule has 0 unspecified atom stereocenters. The van der Waals surface area contributed by atoms with Gasteiger partial charge in [-0.3, -0.25) is 0 Å². The molecule has 10 heteroatoms. The number of hydrogen-bond donors (Lipinski definition) is 1. The topological polar surface area (TPSA) is 95.6 Å².